The minimum Gasteiger partial charge on any atom is -0.446 e. The normalized spacial score (nSPS) is 24.8. The Labute approximate surface area is 192 Å². The van der Waals surface area contributed by atoms with Crippen LogP contribution >= 0.6 is 0 Å². The molecule has 7 nitrogen and oxygen atoms in total. The van der Waals surface area contributed by atoms with Gasteiger partial charge in [0.15, 0.2) is 5.78 Å². The molecule has 0 spiro atoms. The minimum atomic E-state index is -0.872. The van der Waals surface area contributed by atoms with Crippen LogP contribution in [0.4, 0.5) is 4.79 Å². The summed E-state index contributed by atoms with van der Waals surface area (Å²) in [5, 5.41) is 12.3. The number of carbonyl (C=O) groups is 3. The number of Topliss-reactive ketones (excluding diaryl/α,β-unsaturated/α-hetero) is 1. The average Bonchev–Trinajstić information content (AvgIpc) is 2.81. The molecule has 1 atom stereocenters. The highest BCUT2D eigenvalue weighted by atomic mass is 16.6. The summed E-state index contributed by atoms with van der Waals surface area (Å²) in [6, 6.07) is 19.2. The van der Waals surface area contributed by atoms with Crippen LogP contribution in [0.15, 0.2) is 71.9 Å². The Morgan fingerprint density at radius 1 is 1.00 bits per heavy atom. The maximum atomic E-state index is 13.6. The number of nitrogens with one attached hydrogen (secondary N) is 1. The smallest absolute Gasteiger partial charge is 0.410 e. The lowest BCUT2D eigenvalue weighted by molar-refractivity contribution is -0.134. The van der Waals surface area contributed by atoms with Crippen molar-refractivity contribution < 1.29 is 24.2 Å². The van der Waals surface area contributed by atoms with Gasteiger partial charge in [-0.3, -0.25) is 9.59 Å². The van der Waals surface area contributed by atoms with Gasteiger partial charge in [0.25, 0.3) is 0 Å². The van der Waals surface area contributed by atoms with E-state index in [-0.39, 0.29) is 24.3 Å². The van der Waals surface area contributed by atoms with Crippen molar-refractivity contribution in [3.63, 3.8) is 0 Å². The van der Waals surface area contributed by atoms with Crippen LogP contribution in [0.2, 0.25) is 0 Å². The topological polar surface area (TPSA) is 95.9 Å². The summed E-state index contributed by atoms with van der Waals surface area (Å²) in [7, 11) is 0. The van der Waals surface area contributed by atoms with Crippen molar-refractivity contribution in [1.82, 2.24) is 10.2 Å². The Morgan fingerprint density at radius 2 is 1.61 bits per heavy atom. The summed E-state index contributed by atoms with van der Waals surface area (Å²) in [4.78, 5) is 40.9. The molecule has 2 aliphatic heterocycles. The Hall–Kier alpha value is -3.45. The summed E-state index contributed by atoms with van der Waals surface area (Å²) >= 11 is 0. The molecule has 1 unspecified atom stereocenters. The molecule has 2 amide bonds. The second kappa shape index (κ2) is 8.83. The van der Waals surface area contributed by atoms with Crippen LogP contribution in [0.3, 0.4) is 0 Å². The van der Waals surface area contributed by atoms with E-state index in [2.05, 4.69) is 5.32 Å². The number of amides is 2. The largest absolute Gasteiger partial charge is 0.446 e. The van der Waals surface area contributed by atoms with E-state index in [0.29, 0.717) is 37.1 Å². The fourth-order valence-corrected chi connectivity index (χ4v) is 4.89. The van der Waals surface area contributed by atoms with Crippen molar-refractivity contribution in [2.75, 3.05) is 13.1 Å². The average molecular weight is 447 g/mol. The lowest BCUT2D eigenvalue weighted by Crippen LogP contribution is -2.51. The number of hydrogen-bond donors (Lipinski definition) is 2. The van der Waals surface area contributed by atoms with Crippen LogP contribution in [-0.2, 0) is 14.3 Å². The second-order valence-corrected chi connectivity index (χ2v) is 8.89. The molecule has 1 aliphatic carbocycles. The maximum absolute atomic E-state index is 13.6. The monoisotopic (exact) mass is 446 g/mol. The molecule has 5 rings (SSSR count). The summed E-state index contributed by atoms with van der Waals surface area (Å²) in [5.74, 6) is -1.80. The first-order chi connectivity index (χ1) is 16.0. The molecule has 2 aromatic rings. The highest BCUT2D eigenvalue weighted by Gasteiger charge is 2.44. The molecule has 7 heteroatoms. The first-order valence-corrected chi connectivity index (χ1v) is 11.3. The zero-order valence-corrected chi connectivity index (χ0v) is 18.1. The predicted octanol–water partition coefficient (Wildman–Crippen LogP) is 2.75. The van der Waals surface area contributed by atoms with Gasteiger partial charge < -0.3 is 20.1 Å². The summed E-state index contributed by atoms with van der Waals surface area (Å²) in [6.45, 7) is 0.484. The fourth-order valence-electron chi connectivity index (χ4n) is 4.89. The molecular weight excluding hydrogens is 420 g/mol. The molecule has 170 valence electrons. The number of nitrogens with zero attached hydrogens (tertiary/aromatic N) is 1. The van der Waals surface area contributed by atoms with E-state index in [0.717, 1.165) is 11.1 Å². The van der Waals surface area contributed by atoms with Crippen molar-refractivity contribution in [2.24, 2.45) is 5.92 Å². The Kier molecular flexibility index (Phi) is 5.72. The third-order valence-corrected chi connectivity index (χ3v) is 6.73. The lowest BCUT2D eigenvalue weighted by atomic mass is 9.74. The molecule has 0 saturated heterocycles. The van der Waals surface area contributed by atoms with E-state index in [4.69, 9.17) is 4.74 Å². The fraction of sp³-hybridized carbons (Fsp3) is 0.346. The van der Waals surface area contributed by atoms with Gasteiger partial charge in [-0.25, -0.2) is 4.79 Å². The number of aliphatic hydroxyl groups excluding tert-OH is 1. The highest BCUT2D eigenvalue weighted by Crippen LogP contribution is 2.38. The van der Waals surface area contributed by atoms with Crippen LogP contribution in [0.1, 0.15) is 36.3 Å². The second-order valence-electron chi connectivity index (χ2n) is 8.89. The van der Waals surface area contributed by atoms with Gasteiger partial charge in [-0.2, -0.15) is 0 Å². The van der Waals surface area contributed by atoms with E-state index in [1.165, 1.54) is 4.90 Å². The van der Waals surface area contributed by atoms with Crippen molar-refractivity contribution in [3.8, 4) is 0 Å². The number of aliphatic hydroxyl groups is 1. The third kappa shape index (κ3) is 4.16. The maximum Gasteiger partial charge on any atom is 0.410 e. The quantitative estimate of drug-likeness (QED) is 0.704. The number of rotatable bonds is 4. The van der Waals surface area contributed by atoms with Crippen LogP contribution in [0, 0.1) is 5.92 Å². The standard InChI is InChI=1S/C26H26N2O5/c29-18-13-19(14-18)33-26(32)28-12-11-20-21(15-28)27-25(31)23(24(20)30)22(16-7-3-1-4-8-16)17-9-5-2-6-10-17/h1-10,18-19,22-23,29H,11-15H2,(H,27,31). The van der Waals surface area contributed by atoms with Crippen molar-refractivity contribution in [2.45, 2.75) is 37.4 Å². The van der Waals surface area contributed by atoms with Crippen LogP contribution in [0.5, 0.6) is 0 Å². The number of ketones is 1. The Morgan fingerprint density at radius 3 is 2.18 bits per heavy atom. The van der Waals surface area contributed by atoms with Crippen LogP contribution in [0.25, 0.3) is 0 Å². The lowest BCUT2D eigenvalue weighted by Gasteiger charge is -2.38. The zero-order valence-electron chi connectivity index (χ0n) is 18.1. The molecule has 2 aromatic carbocycles. The molecule has 3 aliphatic rings. The highest BCUT2D eigenvalue weighted by molar-refractivity contribution is 6.14. The molecule has 0 radical (unpaired) electrons. The van der Waals surface area contributed by atoms with Crippen molar-refractivity contribution >= 4 is 17.8 Å². The van der Waals surface area contributed by atoms with E-state index in [1.807, 2.05) is 60.7 Å². The summed E-state index contributed by atoms with van der Waals surface area (Å²) in [5.41, 5.74) is 2.88. The summed E-state index contributed by atoms with van der Waals surface area (Å²) < 4.78 is 5.41. The molecule has 2 N–H and O–H groups in total. The number of ether oxygens (including phenoxy) is 1. The minimum absolute atomic E-state index is 0.134. The van der Waals surface area contributed by atoms with Crippen LogP contribution in [-0.4, -0.2) is 53.1 Å². The van der Waals surface area contributed by atoms with E-state index in [1.54, 1.807) is 0 Å². The number of carbonyl (C=O) groups excluding carboxylic acids is 3. The number of hydrogen-bond acceptors (Lipinski definition) is 5. The molecular formula is C26H26N2O5. The molecule has 1 saturated carbocycles. The Balaban J connectivity index is 1.39. The van der Waals surface area contributed by atoms with Gasteiger partial charge in [0.1, 0.15) is 12.0 Å². The van der Waals surface area contributed by atoms with Gasteiger partial charge in [0, 0.05) is 36.6 Å². The molecule has 1 fully saturated rings. The molecule has 33 heavy (non-hydrogen) atoms. The number of benzene rings is 2. The zero-order chi connectivity index (χ0) is 22.9. The molecule has 0 aromatic heterocycles. The predicted molar refractivity (Wildman–Crippen MR) is 120 cm³/mol. The van der Waals surface area contributed by atoms with E-state index < -0.39 is 24.0 Å². The van der Waals surface area contributed by atoms with Gasteiger partial charge in [-0.15, -0.1) is 0 Å². The first-order valence-electron chi connectivity index (χ1n) is 11.3. The van der Waals surface area contributed by atoms with Gasteiger partial charge >= 0.3 is 6.09 Å². The van der Waals surface area contributed by atoms with E-state index >= 15 is 0 Å². The van der Waals surface area contributed by atoms with Gasteiger partial charge in [-0.1, -0.05) is 60.7 Å². The van der Waals surface area contributed by atoms with Crippen LogP contribution < -0.4 is 5.32 Å². The third-order valence-electron chi connectivity index (χ3n) is 6.73. The molecule has 2 heterocycles. The van der Waals surface area contributed by atoms with Gasteiger partial charge in [-0.05, 0) is 17.5 Å². The molecule has 0 bridgehead atoms. The van der Waals surface area contributed by atoms with Crippen molar-refractivity contribution in [1.29, 1.82) is 0 Å². The SMILES string of the molecule is O=C1NC2=C(CCN(C(=O)OC3CC(O)C3)C2)C(=O)C1C(c1ccccc1)c1ccccc1. The van der Waals surface area contributed by atoms with Gasteiger partial charge in [0.05, 0.1) is 12.6 Å². The first kappa shape index (κ1) is 21.4. The van der Waals surface area contributed by atoms with Crippen molar-refractivity contribution in [3.05, 3.63) is 83.1 Å². The Bertz CT molecular complexity index is 1050. The summed E-state index contributed by atoms with van der Waals surface area (Å²) in [6.07, 6.45) is 0.105. The van der Waals surface area contributed by atoms with E-state index in [9.17, 15) is 19.5 Å². The van der Waals surface area contributed by atoms with Gasteiger partial charge in [0.2, 0.25) is 5.91 Å².